The van der Waals surface area contributed by atoms with Crippen molar-refractivity contribution in [1.29, 1.82) is 0 Å². The lowest BCUT2D eigenvalue weighted by Gasteiger charge is -2.41. The number of para-hydroxylation sites is 1. The van der Waals surface area contributed by atoms with E-state index in [-0.39, 0.29) is 17.8 Å². The van der Waals surface area contributed by atoms with Crippen molar-refractivity contribution in [2.45, 2.75) is 13.0 Å². The van der Waals surface area contributed by atoms with Crippen molar-refractivity contribution < 1.29 is 9.18 Å². The number of aromatic nitrogens is 3. The number of benzene rings is 2. The highest BCUT2D eigenvalue weighted by Gasteiger charge is 2.29. The van der Waals surface area contributed by atoms with Crippen LogP contribution in [0.5, 0.6) is 0 Å². The van der Waals surface area contributed by atoms with Crippen LogP contribution in [0, 0.1) is 5.82 Å². The first-order valence-electron chi connectivity index (χ1n) is 8.90. The third-order valence-electron chi connectivity index (χ3n) is 4.88. The summed E-state index contributed by atoms with van der Waals surface area (Å²) in [4.78, 5) is 21.0. The predicted molar refractivity (Wildman–Crippen MR) is 101 cm³/mol. The van der Waals surface area contributed by atoms with Gasteiger partial charge in [0.15, 0.2) is 5.82 Å². The van der Waals surface area contributed by atoms with Crippen molar-refractivity contribution in [3.63, 3.8) is 0 Å². The van der Waals surface area contributed by atoms with E-state index in [0.717, 1.165) is 5.56 Å². The van der Waals surface area contributed by atoms with E-state index in [1.807, 2.05) is 41.0 Å². The first kappa shape index (κ1) is 17.2. The van der Waals surface area contributed by atoms with E-state index in [9.17, 15) is 9.18 Å². The molecule has 27 heavy (non-hydrogen) atoms. The Morgan fingerprint density at radius 3 is 2.78 bits per heavy atom. The fourth-order valence-corrected chi connectivity index (χ4v) is 3.50. The quantitative estimate of drug-likeness (QED) is 0.775. The third-order valence-corrected chi connectivity index (χ3v) is 4.88. The van der Waals surface area contributed by atoms with E-state index in [4.69, 9.17) is 0 Å². The van der Waals surface area contributed by atoms with Crippen LogP contribution in [0.15, 0.2) is 54.9 Å². The number of nitrogens with zero attached hydrogens (tertiary/aromatic N) is 4. The van der Waals surface area contributed by atoms with Crippen LogP contribution in [0.4, 0.5) is 10.1 Å². The molecule has 2 heterocycles. The summed E-state index contributed by atoms with van der Waals surface area (Å²) in [5, 5.41) is 6.66. The fourth-order valence-electron chi connectivity index (χ4n) is 3.50. The number of halogens is 1. The van der Waals surface area contributed by atoms with Crippen molar-refractivity contribution in [2.75, 3.05) is 24.5 Å². The molecule has 1 N–H and O–H groups in total. The van der Waals surface area contributed by atoms with Gasteiger partial charge in [-0.1, -0.05) is 24.3 Å². The number of H-pyrrole nitrogens is 1. The van der Waals surface area contributed by atoms with Crippen molar-refractivity contribution in [1.82, 2.24) is 20.1 Å². The summed E-state index contributed by atoms with van der Waals surface area (Å²) in [6.45, 7) is 3.72. The minimum absolute atomic E-state index is 0.0280. The molecule has 1 aliphatic rings. The van der Waals surface area contributed by atoms with Crippen molar-refractivity contribution in [3.05, 3.63) is 66.2 Å². The summed E-state index contributed by atoms with van der Waals surface area (Å²) in [6.07, 6.45) is 1.44. The smallest absolute Gasteiger partial charge is 0.254 e. The van der Waals surface area contributed by atoms with E-state index in [1.54, 1.807) is 18.2 Å². The Bertz CT molecular complexity index is 943. The molecule has 1 aliphatic heterocycles. The summed E-state index contributed by atoms with van der Waals surface area (Å²) >= 11 is 0. The standard InChI is InChI=1S/C20H20FN5O/c1-14-12-25(18-8-3-2-7-17(18)21)9-10-26(14)20(27)16-6-4-5-15(11-16)19-22-13-23-24-19/h2-8,11,13-14H,9-10,12H2,1H3,(H,22,23,24). The molecule has 0 radical (unpaired) electrons. The number of carbonyl (C=O) groups excluding carboxylic acids is 1. The molecule has 0 bridgehead atoms. The zero-order valence-corrected chi connectivity index (χ0v) is 15.0. The van der Waals surface area contributed by atoms with Gasteiger partial charge in [0.05, 0.1) is 5.69 Å². The van der Waals surface area contributed by atoms with Crippen LogP contribution in [0.1, 0.15) is 17.3 Å². The molecule has 1 unspecified atom stereocenters. The van der Waals surface area contributed by atoms with Crippen molar-refractivity contribution in [3.8, 4) is 11.4 Å². The molecule has 4 rings (SSSR count). The van der Waals surface area contributed by atoms with Crippen LogP contribution in [-0.2, 0) is 0 Å². The molecule has 7 heteroatoms. The zero-order chi connectivity index (χ0) is 18.8. The van der Waals surface area contributed by atoms with Gasteiger partial charge in [0.1, 0.15) is 12.1 Å². The van der Waals surface area contributed by atoms with Crippen molar-refractivity contribution >= 4 is 11.6 Å². The van der Waals surface area contributed by atoms with Crippen LogP contribution < -0.4 is 4.90 Å². The molecule has 1 atom stereocenters. The molecular formula is C20H20FN5O. The fraction of sp³-hybridized carbons (Fsp3) is 0.250. The molecule has 3 aromatic rings. The number of rotatable bonds is 3. The maximum Gasteiger partial charge on any atom is 0.254 e. The lowest BCUT2D eigenvalue weighted by atomic mass is 10.1. The second kappa shape index (κ2) is 7.19. The number of piperazine rings is 1. The van der Waals surface area contributed by atoms with E-state index in [1.165, 1.54) is 12.4 Å². The summed E-state index contributed by atoms with van der Waals surface area (Å²) in [5.41, 5.74) is 2.01. The van der Waals surface area contributed by atoms with E-state index in [2.05, 4.69) is 15.2 Å². The maximum absolute atomic E-state index is 14.1. The topological polar surface area (TPSA) is 65.1 Å². The number of amides is 1. The number of hydrogen-bond acceptors (Lipinski definition) is 4. The largest absolute Gasteiger partial charge is 0.365 e. The van der Waals surface area contributed by atoms with Gasteiger partial charge in [0.25, 0.3) is 5.91 Å². The number of nitrogens with one attached hydrogen (secondary N) is 1. The minimum atomic E-state index is -0.232. The van der Waals surface area contributed by atoms with Gasteiger partial charge >= 0.3 is 0 Å². The van der Waals surface area contributed by atoms with E-state index < -0.39 is 0 Å². The first-order valence-corrected chi connectivity index (χ1v) is 8.90. The minimum Gasteiger partial charge on any atom is -0.365 e. The van der Waals surface area contributed by atoms with Crippen LogP contribution in [0.3, 0.4) is 0 Å². The Labute approximate surface area is 156 Å². The molecule has 0 spiro atoms. The molecule has 138 valence electrons. The molecule has 0 aliphatic carbocycles. The van der Waals surface area contributed by atoms with Gasteiger partial charge in [-0.05, 0) is 31.2 Å². The predicted octanol–water partition coefficient (Wildman–Crippen LogP) is 2.96. The average Bonchev–Trinajstić information content (AvgIpc) is 3.23. The Hall–Kier alpha value is -3.22. The normalized spacial score (nSPS) is 17.2. The van der Waals surface area contributed by atoms with Crippen molar-refractivity contribution in [2.24, 2.45) is 0 Å². The first-order chi connectivity index (χ1) is 13.1. The third kappa shape index (κ3) is 3.40. The van der Waals surface area contributed by atoms with Gasteiger partial charge in [-0.15, -0.1) is 0 Å². The highest BCUT2D eigenvalue weighted by atomic mass is 19.1. The number of carbonyl (C=O) groups is 1. The van der Waals surface area contributed by atoms with Crippen LogP contribution in [0.2, 0.25) is 0 Å². The molecule has 1 saturated heterocycles. The van der Waals surface area contributed by atoms with Crippen LogP contribution >= 0.6 is 0 Å². The number of aromatic amines is 1. The summed E-state index contributed by atoms with van der Waals surface area (Å²) in [6, 6.07) is 14.1. The van der Waals surface area contributed by atoms with Gasteiger partial charge in [0.2, 0.25) is 0 Å². The summed E-state index contributed by atoms with van der Waals surface area (Å²) in [7, 11) is 0. The SMILES string of the molecule is CC1CN(c2ccccc2F)CCN1C(=O)c1cccc(-c2ncn[nH]2)c1. The van der Waals surface area contributed by atoms with Gasteiger partial charge in [-0.2, -0.15) is 5.10 Å². The molecule has 0 saturated carbocycles. The molecular weight excluding hydrogens is 345 g/mol. The second-order valence-electron chi connectivity index (χ2n) is 6.66. The maximum atomic E-state index is 14.1. The summed E-state index contributed by atoms with van der Waals surface area (Å²) in [5.74, 6) is 0.364. The van der Waals surface area contributed by atoms with Gasteiger partial charge in [0, 0.05) is 36.8 Å². The Morgan fingerprint density at radius 2 is 2.04 bits per heavy atom. The van der Waals surface area contributed by atoms with Crippen LogP contribution in [-0.4, -0.2) is 51.7 Å². The lowest BCUT2D eigenvalue weighted by molar-refractivity contribution is 0.0674. The molecule has 1 fully saturated rings. The van der Waals surface area contributed by atoms with E-state index >= 15 is 0 Å². The highest BCUT2D eigenvalue weighted by molar-refractivity contribution is 5.95. The molecule has 1 amide bonds. The average molecular weight is 365 g/mol. The van der Waals surface area contributed by atoms with Gasteiger partial charge < -0.3 is 9.80 Å². The Morgan fingerprint density at radius 1 is 1.19 bits per heavy atom. The van der Waals surface area contributed by atoms with Gasteiger partial charge in [-0.3, -0.25) is 9.89 Å². The number of anilines is 1. The van der Waals surface area contributed by atoms with Gasteiger partial charge in [-0.25, -0.2) is 9.37 Å². The highest BCUT2D eigenvalue weighted by Crippen LogP contribution is 2.24. The number of hydrogen-bond donors (Lipinski definition) is 1. The Balaban J connectivity index is 1.51. The molecule has 1 aromatic heterocycles. The molecule has 2 aromatic carbocycles. The second-order valence-corrected chi connectivity index (χ2v) is 6.66. The van der Waals surface area contributed by atoms with E-state index in [0.29, 0.717) is 36.7 Å². The van der Waals surface area contributed by atoms with Crippen LogP contribution in [0.25, 0.3) is 11.4 Å². The Kier molecular flexibility index (Phi) is 4.58. The molecule has 6 nitrogen and oxygen atoms in total. The summed E-state index contributed by atoms with van der Waals surface area (Å²) < 4.78 is 14.1. The monoisotopic (exact) mass is 365 g/mol. The zero-order valence-electron chi connectivity index (χ0n) is 15.0. The lowest BCUT2D eigenvalue weighted by Crippen LogP contribution is -2.54.